The molecule has 1 saturated heterocycles. The van der Waals surface area contributed by atoms with Crippen LogP contribution in [0.25, 0.3) is 10.9 Å². The van der Waals surface area contributed by atoms with Gasteiger partial charge in [0.15, 0.2) is 0 Å². The number of aromatic nitrogens is 1. The van der Waals surface area contributed by atoms with Crippen LogP contribution in [0.3, 0.4) is 0 Å². The van der Waals surface area contributed by atoms with E-state index in [4.69, 9.17) is 0 Å². The summed E-state index contributed by atoms with van der Waals surface area (Å²) in [5.41, 5.74) is 1.85. The van der Waals surface area contributed by atoms with E-state index in [0.717, 1.165) is 48.6 Å². The van der Waals surface area contributed by atoms with Crippen molar-refractivity contribution in [3.63, 3.8) is 0 Å². The van der Waals surface area contributed by atoms with Gasteiger partial charge in [-0.15, -0.1) is 12.4 Å². The Morgan fingerprint density at radius 3 is 2.74 bits per heavy atom. The number of halogens is 1. The molecule has 0 aliphatic carbocycles. The minimum Gasteiger partial charge on any atom is -0.322 e. The summed E-state index contributed by atoms with van der Waals surface area (Å²) in [5.74, 6) is 0.832. The molecule has 1 aliphatic heterocycles. The molecule has 3 rings (SSSR count). The summed E-state index contributed by atoms with van der Waals surface area (Å²) in [7, 11) is 2.02. The average Bonchev–Trinajstić information content (AvgIpc) is 2.55. The first-order valence-electron chi connectivity index (χ1n) is 8.24. The van der Waals surface area contributed by atoms with Crippen molar-refractivity contribution in [2.75, 3.05) is 26.7 Å². The lowest BCUT2D eigenvalue weighted by Crippen LogP contribution is -2.35. The first kappa shape index (κ1) is 18.0. The van der Waals surface area contributed by atoms with E-state index in [0.29, 0.717) is 0 Å². The third kappa shape index (κ3) is 4.56. The fourth-order valence-corrected chi connectivity index (χ4v) is 3.33. The third-order valence-corrected chi connectivity index (χ3v) is 4.73. The Labute approximate surface area is 143 Å². The highest BCUT2D eigenvalue weighted by molar-refractivity contribution is 5.85. The molecule has 0 radical (unpaired) electrons. The van der Waals surface area contributed by atoms with E-state index in [2.05, 4.69) is 21.3 Å². The molecule has 0 saturated carbocycles. The number of H-pyrrole nitrogens is 1. The van der Waals surface area contributed by atoms with Gasteiger partial charge >= 0.3 is 0 Å². The summed E-state index contributed by atoms with van der Waals surface area (Å²) in [6, 6.07) is 10.0. The third-order valence-electron chi connectivity index (χ3n) is 4.73. The Kier molecular flexibility index (Phi) is 6.63. The van der Waals surface area contributed by atoms with Crippen LogP contribution in [0.5, 0.6) is 0 Å². The van der Waals surface area contributed by atoms with Crippen LogP contribution in [-0.4, -0.2) is 36.6 Å². The SMILES string of the molecule is CNCCC1CCN(Cc2cc3ccccc3[nH]c2=O)CC1.Cl. The van der Waals surface area contributed by atoms with Crippen molar-refractivity contribution in [2.45, 2.75) is 25.8 Å². The van der Waals surface area contributed by atoms with Gasteiger partial charge in [0.25, 0.3) is 5.56 Å². The highest BCUT2D eigenvalue weighted by Gasteiger charge is 2.19. The molecule has 0 atom stereocenters. The van der Waals surface area contributed by atoms with Gasteiger partial charge in [-0.1, -0.05) is 18.2 Å². The van der Waals surface area contributed by atoms with E-state index in [9.17, 15) is 4.79 Å². The average molecular weight is 336 g/mol. The van der Waals surface area contributed by atoms with Gasteiger partial charge in [0.2, 0.25) is 0 Å². The van der Waals surface area contributed by atoms with Crippen LogP contribution in [0.15, 0.2) is 35.1 Å². The Morgan fingerprint density at radius 1 is 1.26 bits per heavy atom. The van der Waals surface area contributed by atoms with Crippen LogP contribution in [-0.2, 0) is 6.54 Å². The second-order valence-corrected chi connectivity index (χ2v) is 6.32. The maximum absolute atomic E-state index is 12.2. The standard InChI is InChI=1S/C18H25N3O.ClH/c1-19-9-6-14-7-10-21(11-8-14)13-16-12-15-4-2-3-5-17(15)20-18(16)22;/h2-5,12,14,19H,6-11,13H2,1H3,(H,20,22);1H. The normalized spacial score (nSPS) is 16.4. The Bertz CT molecular complexity index is 677. The lowest BCUT2D eigenvalue weighted by molar-refractivity contribution is 0.172. The van der Waals surface area contributed by atoms with Crippen LogP contribution < -0.4 is 10.9 Å². The number of hydrogen-bond donors (Lipinski definition) is 2. The van der Waals surface area contributed by atoms with Crippen molar-refractivity contribution in [1.29, 1.82) is 0 Å². The largest absolute Gasteiger partial charge is 0.322 e. The fourth-order valence-electron chi connectivity index (χ4n) is 3.33. The summed E-state index contributed by atoms with van der Waals surface area (Å²) in [6.07, 6.45) is 3.75. The lowest BCUT2D eigenvalue weighted by atomic mass is 9.93. The molecular formula is C18H26ClN3O. The van der Waals surface area contributed by atoms with Gasteiger partial charge < -0.3 is 10.3 Å². The van der Waals surface area contributed by atoms with E-state index < -0.39 is 0 Å². The second-order valence-electron chi connectivity index (χ2n) is 6.32. The topological polar surface area (TPSA) is 48.1 Å². The number of piperidine rings is 1. The van der Waals surface area contributed by atoms with Gasteiger partial charge in [-0.05, 0) is 69.4 Å². The fraction of sp³-hybridized carbons (Fsp3) is 0.500. The van der Waals surface area contributed by atoms with Crippen LogP contribution >= 0.6 is 12.4 Å². The number of aromatic amines is 1. The van der Waals surface area contributed by atoms with E-state index in [1.807, 2.05) is 31.3 Å². The molecular weight excluding hydrogens is 310 g/mol. The summed E-state index contributed by atoms with van der Waals surface area (Å²) < 4.78 is 0. The summed E-state index contributed by atoms with van der Waals surface area (Å²) in [5, 5.41) is 4.34. The predicted octanol–water partition coefficient (Wildman–Crippen LogP) is 2.77. The number of rotatable bonds is 5. The van der Waals surface area contributed by atoms with Gasteiger partial charge in [0.1, 0.15) is 0 Å². The molecule has 1 aliphatic rings. The van der Waals surface area contributed by atoms with Crippen LogP contribution in [0.1, 0.15) is 24.8 Å². The zero-order chi connectivity index (χ0) is 15.4. The van der Waals surface area contributed by atoms with Crippen LogP contribution in [0.2, 0.25) is 0 Å². The molecule has 2 N–H and O–H groups in total. The molecule has 23 heavy (non-hydrogen) atoms. The number of nitrogens with one attached hydrogen (secondary N) is 2. The smallest absolute Gasteiger partial charge is 0.252 e. The van der Waals surface area contributed by atoms with E-state index >= 15 is 0 Å². The van der Waals surface area contributed by atoms with Crippen LogP contribution in [0.4, 0.5) is 0 Å². The van der Waals surface area contributed by atoms with Gasteiger partial charge in [0.05, 0.1) is 0 Å². The number of hydrogen-bond acceptors (Lipinski definition) is 3. The summed E-state index contributed by atoms with van der Waals surface area (Å²) in [6.45, 7) is 4.06. The maximum atomic E-state index is 12.2. The first-order valence-corrected chi connectivity index (χ1v) is 8.24. The van der Waals surface area contributed by atoms with E-state index in [1.165, 1.54) is 19.3 Å². The number of nitrogens with zero attached hydrogens (tertiary/aromatic N) is 1. The Balaban J connectivity index is 0.00000192. The quantitative estimate of drug-likeness (QED) is 0.883. The molecule has 2 heterocycles. The molecule has 0 spiro atoms. The number of fused-ring (bicyclic) bond motifs is 1. The van der Waals surface area contributed by atoms with Gasteiger partial charge in [-0.2, -0.15) is 0 Å². The number of likely N-dealkylation sites (tertiary alicyclic amines) is 1. The lowest BCUT2D eigenvalue weighted by Gasteiger charge is -2.31. The van der Waals surface area contributed by atoms with Crippen molar-refractivity contribution in [2.24, 2.45) is 5.92 Å². The number of benzene rings is 1. The summed E-state index contributed by atoms with van der Waals surface area (Å²) in [4.78, 5) is 17.6. The first-order chi connectivity index (χ1) is 10.8. The monoisotopic (exact) mass is 335 g/mol. The van der Waals surface area contributed by atoms with Gasteiger partial charge in [0, 0.05) is 17.6 Å². The molecule has 0 unspecified atom stereocenters. The molecule has 126 valence electrons. The molecule has 4 nitrogen and oxygen atoms in total. The number of para-hydroxylation sites is 1. The van der Waals surface area contributed by atoms with Crippen molar-refractivity contribution in [3.8, 4) is 0 Å². The molecule has 5 heteroatoms. The maximum Gasteiger partial charge on any atom is 0.252 e. The molecule has 0 amide bonds. The minimum absolute atomic E-state index is 0. The summed E-state index contributed by atoms with van der Waals surface area (Å²) >= 11 is 0. The van der Waals surface area contributed by atoms with Crippen molar-refractivity contribution >= 4 is 23.3 Å². The Morgan fingerprint density at radius 2 is 2.00 bits per heavy atom. The van der Waals surface area contributed by atoms with Gasteiger partial charge in [-0.25, -0.2) is 0 Å². The van der Waals surface area contributed by atoms with Crippen molar-refractivity contribution in [1.82, 2.24) is 15.2 Å². The second kappa shape index (κ2) is 8.48. The minimum atomic E-state index is 0. The zero-order valence-electron chi connectivity index (χ0n) is 13.7. The molecule has 0 bridgehead atoms. The van der Waals surface area contributed by atoms with E-state index in [1.54, 1.807) is 0 Å². The van der Waals surface area contributed by atoms with Crippen molar-refractivity contribution in [3.05, 3.63) is 46.2 Å². The highest BCUT2D eigenvalue weighted by Crippen LogP contribution is 2.21. The van der Waals surface area contributed by atoms with Crippen molar-refractivity contribution < 1.29 is 0 Å². The molecule has 1 aromatic heterocycles. The highest BCUT2D eigenvalue weighted by atomic mass is 35.5. The molecule has 1 aromatic carbocycles. The van der Waals surface area contributed by atoms with Gasteiger partial charge in [-0.3, -0.25) is 9.69 Å². The zero-order valence-corrected chi connectivity index (χ0v) is 14.5. The molecule has 2 aromatic rings. The van der Waals surface area contributed by atoms with E-state index in [-0.39, 0.29) is 18.0 Å². The number of pyridine rings is 1. The van der Waals surface area contributed by atoms with Crippen LogP contribution in [0, 0.1) is 5.92 Å². The Hall–Kier alpha value is -1.36. The predicted molar refractivity (Wildman–Crippen MR) is 98.4 cm³/mol. The molecule has 1 fully saturated rings.